The molecule has 0 saturated heterocycles. The summed E-state index contributed by atoms with van der Waals surface area (Å²) in [7, 11) is 0. The van der Waals surface area contributed by atoms with Gasteiger partial charge in [-0.15, -0.1) is 0 Å². The number of hydrogen-bond donors (Lipinski definition) is 2. The van der Waals surface area contributed by atoms with Crippen molar-refractivity contribution in [2.24, 2.45) is 5.92 Å². The molecular weight excluding hydrogens is 400 g/mol. The predicted molar refractivity (Wildman–Crippen MR) is 110 cm³/mol. The Labute approximate surface area is 176 Å². The molecule has 31 heavy (non-hydrogen) atoms. The summed E-state index contributed by atoms with van der Waals surface area (Å²) in [6.07, 6.45) is 4.52. The quantitative estimate of drug-likeness (QED) is 0.469. The van der Waals surface area contributed by atoms with Gasteiger partial charge in [0.25, 0.3) is 0 Å². The maximum atomic E-state index is 12.9. The van der Waals surface area contributed by atoms with Crippen LogP contribution in [0, 0.1) is 19.8 Å². The van der Waals surface area contributed by atoms with Crippen LogP contribution in [-0.4, -0.2) is 41.7 Å². The van der Waals surface area contributed by atoms with Crippen molar-refractivity contribution in [3.8, 4) is 22.7 Å². The summed E-state index contributed by atoms with van der Waals surface area (Å²) >= 11 is 0. The molecule has 0 bridgehead atoms. The van der Waals surface area contributed by atoms with Crippen LogP contribution in [-0.2, 0) is 0 Å². The molecule has 4 heterocycles. The van der Waals surface area contributed by atoms with Gasteiger partial charge in [0, 0.05) is 29.4 Å². The number of carbonyl (C=O) groups excluding carboxylic acids is 1. The molecule has 1 fully saturated rings. The van der Waals surface area contributed by atoms with Crippen LogP contribution in [0.25, 0.3) is 27.8 Å². The van der Waals surface area contributed by atoms with Gasteiger partial charge in [0.15, 0.2) is 5.78 Å². The number of ketones is 1. The molecule has 1 saturated carbocycles. The van der Waals surface area contributed by atoms with Crippen LogP contribution in [0.5, 0.6) is 5.88 Å². The van der Waals surface area contributed by atoms with Gasteiger partial charge in [0.05, 0.1) is 16.9 Å². The van der Waals surface area contributed by atoms with E-state index in [9.17, 15) is 19.8 Å². The van der Waals surface area contributed by atoms with Crippen LogP contribution in [0.15, 0.2) is 35.1 Å². The first-order valence-corrected chi connectivity index (χ1v) is 9.77. The Morgan fingerprint density at radius 2 is 1.97 bits per heavy atom. The minimum Gasteiger partial charge on any atom is -0.494 e. The number of carboxylic acid groups (broad SMARTS) is 1. The topological polar surface area (TPSA) is 131 Å². The zero-order valence-corrected chi connectivity index (χ0v) is 16.8. The smallest absolute Gasteiger partial charge is 0.354 e. The highest BCUT2D eigenvalue weighted by Gasteiger charge is 2.36. The summed E-state index contributed by atoms with van der Waals surface area (Å²) in [4.78, 5) is 32.7. The van der Waals surface area contributed by atoms with E-state index in [1.807, 2.05) is 6.92 Å². The standard InChI is InChI=1S/C22H18N4O5/c1-10-17(11(2)31-25-10)13-7-16-19(24-9-13)18(20(27)12-3-4-12)21(28)26(16)14-5-6-23-15(8-14)22(29)30/h5-9,12,28H,3-4H2,1-2H3,(H,29,30). The summed E-state index contributed by atoms with van der Waals surface area (Å²) in [5.74, 6) is -1.13. The number of fused-ring (bicyclic) bond motifs is 1. The van der Waals surface area contributed by atoms with Crippen molar-refractivity contribution in [2.45, 2.75) is 26.7 Å². The van der Waals surface area contributed by atoms with E-state index < -0.39 is 5.97 Å². The maximum Gasteiger partial charge on any atom is 0.354 e. The molecule has 2 N–H and O–H groups in total. The molecule has 5 rings (SSSR count). The SMILES string of the molecule is Cc1noc(C)c1-c1cnc2c(C(=O)C3CC3)c(O)n(-c3ccnc(C(=O)O)c3)c2c1. The Hall–Kier alpha value is -4.01. The van der Waals surface area contributed by atoms with Crippen LogP contribution >= 0.6 is 0 Å². The number of pyridine rings is 2. The van der Waals surface area contributed by atoms with E-state index in [1.165, 1.54) is 16.8 Å². The van der Waals surface area contributed by atoms with Crippen LogP contribution in [0.3, 0.4) is 0 Å². The lowest BCUT2D eigenvalue weighted by Gasteiger charge is -2.08. The highest BCUT2D eigenvalue weighted by atomic mass is 16.5. The first-order chi connectivity index (χ1) is 14.9. The minimum atomic E-state index is -1.19. The summed E-state index contributed by atoms with van der Waals surface area (Å²) in [6, 6.07) is 4.70. The molecule has 1 aliphatic carbocycles. The second kappa shape index (κ2) is 6.76. The number of rotatable bonds is 5. The molecule has 0 atom stereocenters. The van der Waals surface area contributed by atoms with Crippen molar-refractivity contribution in [2.75, 3.05) is 0 Å². The predicted octanol–water partition coefficient (Wildman–Crippen LogP) is 3.69. The molecule has 0 radical (unpaired) electrons. The largest absolute Gasteiger partial charge is 0.494 e. The average Bonchev–Trinajstić information content (AvgIpc) is 3.49. The minimum absolute atomic E-state index is 0.124. The van der Waals surface area contributed by atoms with Crippen molar-refractivity contribution in [3.63, 3.8) is 0 Å². The fraction of sp³-hybridized carbons (Fsp3) is 0.227. The molecule has 9 heteroatoms. The summed E-state index contributed by atoms with van der Waals surface area (Å²) in [5.41, 5.74) is 3.34. The lowest BCUT2D eigenvalue weighted by molar-refractivity contribution is 0.0690. The van der Waals surface area contributed by atoms with Crippen LogP contribution in [0.1, 0.15) is 45.1 Å². The number of carbonyl (C=O) groups is 2. The lowest BCUT2D eigenvalue weighted by Crippen LogP contribution is -2.03. The number of aromatic hydroxyl groups is 1. The molecule has 0 amide bonds. The van der Waals surface area contributed by atoms with Crippen LogP contribution < -0.4 is 0 Å². The molecule has 0 aliphatic heterocycles. The van der Waals surface area contributed by atoms with E-state index in [4.69, 9.17) is 4.52 Å². The fourth-order valence-electron chi connectivity index (χ4n) is 3.89. The number of aryl methyl sites for hydroxylation is 2. The number of Topliss-reactive ketones (excluding diaryl/α,β-unsaturated/α-hetero) is 1. The molecule has 0 unspecified atom stereocenters. The highest BCUT2D eigenvalue weighted by Crippen LogP contribution is 2.41. The third-order valence-corrected chi connectivity index (χ3v) is 5.52. The molecule has 4 aromatic heterocycles. The molecule has 4 aromatic rings. The zero-order valence-electron chi connectivity index (χ0n) is 16.8. The molecule has 0 aromatic carbocycles. The van der Waals surface area contributed by atoms with Crippen molar-refractivity contribution in [1.82, 2.24) is 19.7 Å². The fourth-order valence-corrected chi connectivity index (χ4v) is 3.89. The molecule has 0 spiro atoms. The van der Waals surface area contributed by atoms with E-state index >= 15 is 0 Å². The Morgan fingerprint density at radius 3 is 2.61 bits per heavy atom. The van der Waals surface area contributed by atoms with Crippen LogP contribution in [0.2, 0.25) is 0 Å². The van der Waals surface area contributed by atoms with Gasteiger partial charge in [-0.25, -0.2) is 9.78 Å². The van der Waals surface area contributed by atoms with E-state index in [-0.39, 0.29) is 28.8 Å². The van der Waals surface area contributed by atoms with Crippen molar-refractivity contribution in [3.05, 3.63) is 53.3 Å². The summed E-state index contributed by atoms with van der Waals surface area (Å²) < 4.78 is 6.70. The van der Waals surface area contributed by atoms with Crippen molar-refractivity contribution in [1.29, 1.82) is 0 Å². The first kappa shape index (κ1) is 19.0. The molecule has 9 nitrogen and oxygen atoms in total. The Morgan fingerprint density at radius 1 is 1.19 bits per heavy atom. The third-order valence-electron chi connectivity index (χ3n) is 5.52. The molecule has 156 valence electrons. The van der Waals surface area contributed by atoms with Gasteiger partial charge in [-0.05, 0) is 44.9 Å². The van der Waals surface area contributed by atoms with Crippen molar-refractivity contribution < 1.29 is 24.3 Å². The van der Waals surface area contributed by atoms with Gasteiger partial charge in [-0.2, -0.15) is 0 Å². The number of hydrogen-bond acceptors (Lipinski definition) is 7. The normalized spacial score (nSPS) is 13.6. The summed E-state index contributed by atoms with van der Waals surface area (Å²) in [5, 5.41) is 24.4. The van der Waals surface area contributed by atoms with E-state index in [2.05, 4.69) is 15.1 Å². The average molecular weight is 418 g/mol. The van der Waals surface area contributed by atoms with Crippen LogP contribution in [0.4, 0.5) is 0 Å². The zero-order chi connectivity index (χ0) is 21.9. The van der Waals surface area contributed by atoms with Gasteiger partial charge >= 0.3 is 5.97 Å². The Balaban J connectivity index is 1.81. The number of aromatic carboxylic acids is 1. The third kappa shape index (κ3) is 2.97. The monoisotopic (exact) mass is 418 g/mol. The number of carboxylic acids is 1. The van der Waals surface area contributed by atoms with Gasteiger partial charge in [-0.3, -0.25) is 14.3 Å². The van der Waals surface area contributed by atoms with Gasteiger partial charge in [0.1, 0.15) is 22.5 Å². The molecule has 1 aliphatic rings. The number of aromatic nitrogens is 4. The van der Waals surface area contributed by atoms with E-state index in [1.54, 1.807) is 25.3 Å². The van der Waals surface area contributed by atoms with Gasteiger partial charge < -0.3 is 14.7 Å². The maximum absolute atomic E-state index is 12.9. The second-order valence-corrected chi connectivity index (χ2v) is 7.67. The van der Waals surface area contributed by atoms with E-state index in [0.717, 1.165) is 18.4 Å². The molecular formula is C22H18N4O5. The lowest BCUT2D eigenvalue weighted by atomic mass is 10.0. The highest BCUT2D eigenvalue weighted by molar-refractivity contribution is 6.12. The van der Waals surface area contributed by atoms with Gasteiger partial charge in [-0.1, -0.05) is 5.16 Å². The van der Waals surface area contributed by atoms with E-state index in [0.29, 0.717) is 33.7 Å². The second-order valence-electron chi connectivity index (χ2n) is 7.67. The van der Waals surface area contributed by atoms with Gasteiger partial charge in [0.2, 0.25) is 5.88 Å². The summed E-state index contributed by atoms with van der Waals surface area (Å²) in [6.45, 7) is 3.61. The van der Waals surface area contributed by atoms with Crippen molar-refractivity contribution >= 4 is 22.8 Å². The number of nitrogens with zero attached hydrogens (tertiary/aromatic N) is 4. The first-order valence-electron chi connectivity index (χ1n) is 9.77. The Bertz CT molecular complexity index is 1360. The Kier molecular flexibility index (Phi) is 4.14.